The molecule has 1 aromatic heterocycles. The molecule has 1 aromatic carbocycles. The van der Waals surface area contributed by atoms with E-state index in [4.69, 9.17) is 9.15 Å². The molecule has 3 nitrogen and oxygen atoms in total. The van der Waals surface area contributed by atoms with Gasteiger partial charge in [-0.2, -0.15) is 0 Å². The van der Waals surface area contributed by atoms with Gasteiger partial charge in [0.05, 0.1) is 18.5 Å². The molecule has 0 atom stereocenters. The predicted molar refractivity (Wildman–Crippen MR) is 68.8 cm³/mol. The average Bonchev–Trinajstić information content (AvgIpc) is 2.72. The Balaban J connectivity index is 2.53. The monoisotopic (exact) mass is 269 g/mol. The first-order valence-corrected chi connectivity index (χ1v) is 6.15. The predicted octanol–water partition coefficient (Wildman–Crippen LogP) is 3.36. The minimum absolute atomic E-state index is 0.0485. The summed E-state index contributed by atoms with van der Waals surface area (Å²) in [6.07, 6.45) is 0. The lowest BCUT2D eigenvalue weighted by atomic mass is 10.1. The van der Waals surface area contributed by atoms with Crippen LogP contribution in [0.25, 0.3) is 11.0 Å². The molecule has 0 saturated heterocycles. The number of rotatable bonds is 5. The lowest BCUT2D eigenvalue weighted by molar-refractivity contribution is 0.183. The van der Waals surface area contributed by atoms with Gasteiger partial charge in [-0.15, -0.1) is 0 Å². The Kier molecular flexibility index (Phi) is 4.17. The molecule has 0 radical (unpaired) electrons. The second-order valence-corrected chi connectivity index (χ2v) is 4.71. The van der Waals surface area contributed by atoms with Gasteiger partial charge >= 0.3 is 0 Å². The summed E-state index contributed by atoms with van der Waals surface area (Å²) in [6.45, 7) is 4.56. The average molecular weight is 269 g/mol. The molecule has 0 fully saturated rings. The number of furan rings is 1. The topological polar surface area (TPSA) is 34.4 Å². The van der Waals surface area contributed by atoms with E-state index in [0.717, 1.165) is 12.1 Å². The maximum atomic E-state index is 13.9. The molecular weight excluding hydrogens is 252 g/mol. The molecule has 0 aliphatic rings. The highest BCUT2D eigenvalue weighted by Crippen LogP contribution is 2.31. The van der Waals surface area contributed by atoms with Crippen LogP contribution >= 0.6 is 0 Å². The zero-order valence-electron chi connectivity index (χ0n) is 11.2. The van der Waals surface area contributed by atoms with E-state index in [1.54, 1.807) is 0 Å². The van der Waals surface area contributed by atoms with Crippen molar-refractivity contribution in [3.8, 4) is 0 Å². The summed E-state index contributed by atoms with van der Waals surface area (Å²) >= 11 is 0. The molecule has 0 spiro atoms. The first-order chi connectivity index (χ1) is 9.04. The van der Waals surface area contributed by atoms with E-state index in [9.17, 15) is 8.78 Å². The zero-order chi connectivity index (χ0) is 14.0. The summed E-state index contributed by atoms with van der Waals surface area (Å²) in [5.74, 6) is -0.554. The summed E-state index contributed by atoms with van der Waals surface area (Å²) in [5, 5.41) is 3.34. The number of hydrogen-bond donors (Lipinski definition) is 1. The Morgan fingerprint density at radius 3 is 2.58 bits per heavy atom. The van der Waals surface area contributed by atoms with Crippen LogP contribution in [0, 0.1) is 11.6 Å². The number of hydrogen-bond acceptors (Lipinski definition) is 3. The molecule has 104 valence electrons. The van der Waals surface area contributed by atoms with Gasteiger partial charge < -0.3 is 14.5 Å². The van der Waals surface area contributed by atoms with E-state index in [1.165, 1.54) is 7.11 Å². The van der Waals surface area contributed by atoms with Crippen LogP contribution in [0.2, 0.25) is 0 Å². The number of fused-ring (bicyclic) bond motifs is 1. The molecule has 0 saturated carbocycles. The Morgan fingerprint density at radius 2 is 1.95 bits per heavy atom. The molecule has 0 aliphatic heterocycles. The Morgan fingerprint density at radius 1 is 1.26 bits per heavy atom. The van der Waals surface area contributed by atoms with Gasteiger partial charge in [-0.3, -0.25) is 0 Å². The van der Waals surface area contributed by atoms with E-state index < -0.39 is 11.6 Å². The highest BCUT2D eigenvalue weighted by molar-refractivity contribution is 5.83. The molecule has 0 bridgehead atoms. The molecule has 1 heterocycles. The standard InChI is InChI=1S/C14H17F2NO2/c1-8(2)17-6-12-9(7-18-3)13-10(15)4-5-11(16)14(13)19-12/h4-5,8,17H,6-7H2,1-3H3. The van der Waals surface area contributed by atoms with E-state index >= 15 is 0 Å². The number of ether oxygens (including phenoxy) is 1. The molecule has 0 aliphatic carbocycles. The van der Waals surface area contributed by atoms with E-state index in [1.807, 2.05) is 13.8 Å². The summed E-state index contributed by atoms with van der Waals surface area (Å²) < 4.78 is 38.1. The third-order valence-electron chi connectivity index (χ3n) is 2.88. The second-order valence-electron chi connectivity index (χ2n) is 4.71. The van der Waals surface area contributed by atoms with Gasteiger partial charge in [-0.05, 0) is 12.1 Å². The summed E-state index contributed by atoms with van der Waals surface area (Å²) in [6, 6.07) is 2.42. The molecule has 0 amide bonds. The number of halogens is 2. The van der Waals surface area contributed by atoms with Crippen LogP contribution in [-0.2, 0) is 17.9 Å². The highest BCUT2D eigenvalue weighted by Gasteiger charge is 2.20. The van der Waals surface area contributed by atoms with E-state index in [-0.39, 0.29) is 23.6 Å². The first kappa shape index (κ1) is 14.0. The second kappa shape index (κ2) is 5.67. The van der Waals surface area contributed by atoms with Crippen LogP contribution in [0.4, 0.5) is 8.78 Å². The fourth-order valence-corrected chi connectivity index (χ4v) is 1.98. The van der Waals surface area contributed by atoms with Crippen molar-refractivity contribution in [3.05, 3.63) is 35.1 Å². The Hall–Kier alpha value is -1.46. The number of methoxy groups -OCH3 is 1. The maximum absolute atomic E-state index is 13.9. The lowest BCUT2D eigenvalue weighted by Crippen LogP contribution is -2.22. The molecule has 2 rings (SSSR count). The van der Waals surface area contributed by atoms with Crippen molar-refractivity contribution < 1.29 is 17.9 Å². The SMILES string of the molecule is COCc1c(CNC(C)C)oc2c(F)ccc(F)c12. The zero-order valence-corrected chi connectivity index (χ0v) is 11.2. The lowest BCUT2D eigenvalue weighted by Gasteiger charge is -2.07. The van der Waals surface area contributed by atoms with Crippen molar-refractivity contribution >= 4 is 11.0 Å². The van der Waals surface area contributed by atoms with Crippen LogP contribution in [0.15, 0.2) is 16.5 Å². The molecule has 2 aromatic rings. The van der Waals surface area contributed by atoms with Crippen molar-refractivity contribution in [2.45, 2.75) is 33.0 Å². The van der Waals surface area contributed by atoms with Crippen LogP contribution in [0.3, 0.4) is 0 Å². The molecule has 0 unspecified atom stereocenters. The summed E-state index contributed by atoms with van der Waals surface area (Å²) in [5.41, 5.74) is 0.509. The fraction of sp³-hybridized carbons (Fsp3) is 0.429. The van der Waals surface area contributed by atoms with Gasteiger partial charge in [0.25, 0.3) is 0 Å². The first-order valence-electron chi connectivity index (χ1n) is 6.15. The van der Waals surface area contributed by atoms with Crippen molar-refractivity contribution in [3.63, 3.8) is 0 Å². The molecule has 19 heavy (non-hydrogen) atoms. The number of nitrogens with one attached hydrogen (secondary N) is 1. The van der Waals surface area contributed by atoms with E-state index in [0.29, 0.717) is 17.9 Å². The smallest absolute Gasteiger partial charge is 0.173 e. The van der Waals surface area contributed by atoms with Crippen molar-refractivity contribution in [2.24, 2.45) is 0 Å². The van der Waals surface area contributed by atoms with Gasteiger partial charge in [0.1, 0.15) is 11.6 Å². The van der Waals surface area contributed by atoms with Crippen molar-refractivity contribution in [1.82, 2.24) is 5.32 Å². The van der Waals surface area contributed by atoms with Crippen LogP contribution in [0.5, 0.6) is 0 Å². The maximum Gasteiger partial charge on any atom is 0.173 e. The highest BCUT2D eigenvalue weighted by atomic mass is 19.1. The minimum atomic E-state index is -0.565. The van der Waals surface area contributed by atoms with Gasteiger partial charge in [-0.25, -0.2) is 8.78 Å². The van der Waals surface area contributed by atoms with Crippen molar-refractivity contribution in [1.29, 1.82) is 0 Å². The normalized spacial score (nSPS) is 11.7. The molecular formula is C14H17F2NO2. The fourth-order valence-electron chi connectivity index (χ4n) is 1.98. The summed E-state index contributed by atoms with van der Waals surface area (Å²) in [4.78, 5) is 0. The molecule has 1 N–H and O–H groups in total. The van der Waals surface area contributed by atoms with Gasteiger partial charge in [-0.1, -0.05) is 13.8 Å². The van der Waals surface area contributed by atoms with Gasteiger partial charge in [0, 0.05) is 18.7 Å². The number of benzene rings is 1. The van der Waals surface area contributed by atoms with E-state index in [2.05, 4.69) is 5.32 Å². The Labute approximate surface area is 110 Å². The van der Waals surface area contributed by atoms with Crippen molar-refractivity contribution in [2.75, 3.05) is 7.11 Å². The third-order valence-corrected chi connectivity index (χ3v) is 2.88. The quantitative estimate of drug-likeness (QED) is 0.903. The summed E-state index contributed by atoms with van der Waals surface area (Å²) in [7, 11) is 1.51. The molecule has 5 heteroatoms. The Bertz CT molecular complexity index is 578. The van der Waals surface area contributed by atoms with Crippen LogP contribution < -0.4 is 5.32 Å². The van der Waals surface area contributed by atoms with Crippen LogP contribution in [0.1, 0.15) is 25.2 Å². The third kappa shape index (κ3) is 2.77. The largest absolute Gasteiger partial charge is 0.456 e. The van der Waals surface area contributed by atoms with Gasteiger partial charge in [0.15, 0.2) is 11.4 Å². The van der Waals surface area contributed by atoms with Crippen LogP contribution in [-0.4, -0.2) is 13.2 Å². The van der Waals surface area contributed by atoms with Gasteiger partial charge in [0.2, 0.25) is 0 Å². The minimum Gasteiger partial charge on any atom is -0.456 e.